The minimum absolute atomic E-state index is 0.802. The molecule has 100 valence electrons. The molecular weight excluding hydrogens is 232 g/mol. The van der Waals surface area contributed by atoms with Crippen molar-refractivity contribution < 1.29 is 0 Å². The van der Waals surface area contributed by atoms with Crippen LogP contribution in [0.1, 0.15) is 43.2 Å². The van der Waals surface area contributed by atoms with Crippen LogP contribution < -0.4 is 4.90 Å². The molecule has 0 spiro atoms. The number of fused-ring (bicyclic) bond motifs is 1. The van der Waals surface area contributed by atoms with E-state index in [1.165, 1.54) is 50.9 Å². The van der Waals surface area contributed by atoms with E-state index in [2.05, 4.69) is 23.1 Å². The van der Waals surface area contributed by atoms with Gasteiger partial charge in [-0.1, -0.05) is 19.3 Å². The Bertz CT molecular complexity index is 500. The number of hydrogen-bond donors (Lipinski definition) is 0. The highest BCUT2D eigenvalue weighted by molar-refractivity contribution is 5.53. The SMILES string of the molecule is Cc1cc(N2CCC3CCCCC3C2)ccc1C#N. The summed E-state index contributed by atoms with van der Waals surface area (Å²) in [5.74, 6) is 1.88. The molecule has 0 bridgehead atoms. The van der Waals surface area contributed by atoms with Crippen LogP contribution in [0.3, 0.4) is 0 Å². The average Bonchev–Trinajstić information content (AvgIpc) is 2.46. The van der Waals surface area contributed by atoms with E-state index in [4.69, 9.17) is 5.26 Å². The van der Waals surface area contributed by atoms with Crippen molar-refractivity contribution in [2.24, 2.45) is 11.8 Å². The van der Waals surface area contributed by atoms with Crippen LogP contribution in [-0.4, -0.2) is 13.1 Å². The second-order valence-electron chi connectivity index (χ2n) is 6.15. The van der Waals surface area contributed by atoms with Crippen molar-refractivity contribution in [2.75, 3.05) is 18.0 Å². The Morgan fingerprint density at radius 2 is 1.95 bits per heavy atom. The molecule has 2 fully saturated rings. The van der Waals surface area contributed by atoms with Gasteiger partial charge in [0.15, 0.2) is 0 Å². The first-order chi connectivity index (χ1) is 9.28. The molecule has 2 heteroatoms. The topological polar surface area (TPSA) is 27.0 Å². The third-order valence-electron chi connectivity index (χ3n) is 4.99. The van der Waals surface area contributed by atoms with Crippen LogP contribution in [0.5, 0.6) is 0 Å². The van der Waals surface area contributed by atoms with Gasteiger partial charge in [0.1, 0.15) is 0 Å². The summed E-state index contributed by atoms with van der Waals surface area (Å²) < 4.78 is 0. The Kier molecular flexibility index (Phi) is 3.46. The molecule has 0 aromatic heterocycles. The lowest BCUT2D eigenvalue weighted by molar-refractivity contribution is 0.202. The maximum atomic E-state index is 9.01. The largest absolute Gasteiger partial charge is 0.371 e. The summed E-state index contributed by atoms with van der Waals surface area (Å²) >= 11 is 0. The summed E-state index contributed by atoms with van der Waals surface area (Å²) in [4.78, 5) is 2.53. The normalized spacial score (nSPS) is 26.6. The monoisotopic (exact) mass is 254 g/mol. The van der Waals surface area contributed by atoms with Crippen LogP contribution in [0.2, 0.25) is 0 Å². The van der Waals surface area contributed by atoms with Gasteiger partial charge in [-0.25, -0.2) is 0 Å². The first-order valence-electron chi connectivity index (χ1n) is 7.53. The molecule has 1 saturated heterocycles. The van der Waals surface area contributed by atoms with Crippen LogP contribution in [0, 0.1) is 30.1 Å². The van der Waals surface area contributed by atoms with Gasteiger partial charge in [0, 0.05) is 18.8 Å². The highest BCUT2D eigenvalue weighted by Crippen LogP contribution is 2.37. The molecule has 2 unspecified atom stereocenters. The number of nitriles is 1. The number of nitrogens with zero attached hydrogens (tertiary/aromatic N) is 2. The predicted octanol–water partition coefficient (Wildman–Crippen LogP) is 3.88. The second-order valence-corrected chi connectivity index (χ2v) is 6.15. The van der Waals surface area contributed by atoms with Crippen LogP contribution in [0.4, 0.5) is 5.69 Å². The Hall–Kier alpha value is -1.49. The smallest absolute Gasteiger partial charge is 0.0994 e. The van der Waals surface area contributed by atoms with Gasteiger partial charge in [0.2, 0.25) is 0 Å². The van der Waals surface area contributed by atoms with E-state index in [1.807, 2.05) is 13.0 Å². The first kappa shape index (κ1) is 12.5. The van der Waals surface area contributed by atoms with Gasteiger partial charge >= 0.3 is 0 Å². The molecule has 2 atom stereocenters. The Morgan fingerprint density at radius 3 is 2.68 bits per heavy atom. The lowest BCUT2D eigenvalue weighted by Crippen LogP contribution is -2.41. The second kappa shape index (κ2) is 5.25. The lowest BCUT2D eigenvalue weighted by Gasteiger charge is -2.42. The van der Waals surface area contributed by atoms with Gasteiger partial charge in [-0.3, -0.25) is 0 Å². The van der Waals surface area contributed by atoms with Crippen molar-refractivity contribution in [1.82, 2.24) is 0 Å². The molecule has 2 nitrogen and oxygen atoms in total. The minimum Gasteiger partial charge on any atom is -0.371 e. The summed E-state index contributed by atoms with van der Waals surface area (Å²) in [6.07, 6.45) is 7.07. The van der Waals surface area contributed by atoms with Crippen LogP contribution in [0.25, 0.3) is 0 Å². The van der Waals surface area contributed by atoms with E-state index in [1.54, 1.807) is 0 Å². The molecule has 1 aromatic carbocycles. The van der Waals surface area contributed by atoms with E-state index in [0.717, 1.165) is 23.0 Å². The number of rotatable bonds is 1. The van der Waals surface area contributed by atoms with Gasteiger partial charge in [-0.2, -0.15) is 5.26 Å². The predicted molar refractivity (Wildman–Crippen MR) is 78.2 cm³/mol. The maximum absolute atomic E-state index is 9.01. The van der Waals surface area contributed by atoms with Crippen molar-refractivity contribution in [3.63, 3.8) is 0 Å². The van der Waals surface area contributed by atoms with Gasteiger partial charge < -0.3 is 4.90 Å². The molecule has 1 aromatic rings. The number of benzene rings is 1. The average molecular weight is 254 g/mol. The van der Waals surface area contributed by atoms with Crippen LogP contribution >= 0.6 is 0 Å². The van der Waals surface area contributed by atoms with Gasteiger partial charge in [-0.05, 0) is 55.4 Å². The Morgan fingerprint density at radius 1 is 1.16 bits per heavy atom. The molecule has 1 aliphatic heterocycles. The molecule has 0 amide bonds. The summed E-state index contributed by atoms with van der Waals surface area (Å²) in [5, 5.41) is 9.01. The Labute approximate surface area is 116 Å². The van der Waals surface area contributed by atoms with Gasteiger partial charge in [0.25, 0.3) is 0 Å². The standard InChI is InChI=1S/C17H22N2/c1-13-10-17(7-6-15(13)11-18)19-9-8-14-4-2-3-5-16(14)12-19/h6-7,10,14,16H,2-5,8-9,12H2,1H3. The highest BCUT2D eigenvalue weighted by atomic mass is 15.1. The summed E-state index contributed by atoms with van der Waals surface area (Å²) in [7, 11) is 0. The molecule has 3 rings (SSSR count). The summed E-state index contributed by atoms with van der Waals surface area (Å²) in [5.41, 5.74) is 3.21. The van der Waals surface area contributed by atoms with Crippen molar-refractivity contribution in [3.05, 3.63) is 29.3 Å². The third kappa shape index (κ3) is 2.47. The van der Waals surface area contributed by atoms with E-state index in [-0.39, 0.29) is 0 Å². The number of aryl methyl sites for hydroxylation is 1. The molecule has 1 heterocycles. The van der Waals surface area contributed by atoms with Crippen molar-refractivity contribution in [1.29, 1.82) is 5.26 Å². The van der Waals surface area contributed by atoms with E-state index in [9.17, 15) is 0 Å². The van der Waals surface area contributed by atoms with Gasteiger partial charge in [0.05, 0.1) is 11.6 Å². The van der Waals surface area contributed by atoms with Crippen molar-refractivity contribution >= 4 is 5.69 Å². The number of piperidine rings is 1. The lowest BCUT2D eigenvalue weighted by atomic mass is 9.75. The number of hydrogen-bond acceptors (Lipinski definition) is 2. The van der Waals surface area contributed by atoms with E-state index < -0.39 is 0 Å². The fraction of sp³-hybridized carbons (Fsp3) is 0.588. The maximum Gasteiger partial charge on any atom is 0.0994 e. The molecule has 0 radical (unpaired) electrons. The molecule has 19 heavy (non-hydrogen) atoms. The summed E-state index contributed by atoms with van der Waals surface area (Å²) in [6.45, 7) is 4.44. The molecular formula is C17H22N2. The van der Waals surface area contributed by atoms with Crippen LogP contribution in [-0.2, 0) is 0 Å². The zero-order valence-electron chi connectivity index (χ0n) is 11.7. The molecule has 0 N–H and O–H groups in total. The molecule has 2 aliphatic rings. The van der Waals surface area contributed by atoms with Crippen molar-refractivity contribution in [2.45, 2.75) is 39.0 Å². The Balaban J connectivity index is 1.76. The third-order valence-corrected chi connectivity index (χ3v) is 4.99. The quantitative estimate of drug-likeness (QED) is 0.760. The zero-order chi connectivity index (χ0) is 13.2. The summed E-state index contributed by atoms with van der Waals surface area (Å²) in [6, 6.07) is 8.52. The fourth-order valence-corrected chi connectivity index (χ4v) is 3.81. The van der Waals surface area contributed by atoms with Gasteiger partial charge in [-0.15, -0.1) is 0 Å². The zero-order valence-corrected chi connectivity index (χ0v) is 11.7. The van der Waals surface area contributed by atoms with Crippen LogP contribution in [0.15, 0.2) is 18.2 Å². The van der Waals surface area contributed by atoms with Crippen molar-refractivity contribution in [3.8, 4) is 6.07 Å². The number of anilines is 1. The fourth-order valence-electron chi connectivity index (χ4n) is 3.81. The van der Waals surface area contributed by atoms with E-state index in [0.29, 0.717) is 0 Å². The minimum atomic E-state index is 0.802. The van der Waals surface area contributed by atoms with E-state index >= 15 is 0 Å². The first-order valence-corrected chi connectivity index (χ1v) is 7.53. The molecule has 1 aliphatic carbocycles. The highest BCUT2D eigenvalue weighted by Gasteiger charge is 2.31. The molecule has 1 saturated carbocycles.